The standard InChI is InChI=1S/C16H24N4O4/c1-16(2,9-21)17-8-12(22)20-7-3-4-11(20)13(23)14-18-15(24-19-14)10-5-6-10/h10-11,17,21H,3-9H2,1-2H3. The van der Waals surface area contributed by atoms with Gasteiger partial charge in [0.2, 0.25) is 23.4 Å². The molecule has 1 amide bonds. The molecule has 0 bridgehead atoms. The quantitative estimate of drug-likeness (QED) is 0.697. The van der Waals surface area contributed by atoms with E-state index in [0.29, 0.717) is 24.8 Å². The Bertz CT molecular complexity index is 623. The van der Waals surface area contributed by atoms with Crippen molar-refractivity contribution in [3.63, 3.8) is 0 Å². The fraction of sp³-hybridized carbons (Fsp3) is 0.750. The Labute approximate surface area is 140 Å². The van der Waals surface area contributed by atoms with Crippen molar-refractivity contribution in [2.75, 3.05) is 19.7 Å². The summed E-state index contributed by atoms with van der Waals surface area (Å²) < 4.78 is 5.15. The van der Waals surface area contributed by atoms with Crippen LogP contribution in [0.1, 0.15) is 62.0 Å². The van der Waals surface area contributed by atoms with Gasteiger partial charge < -0.3 is 19.8 Å². The van der Waals surface area contributed by atoms with Gasteiger partial charge in [-0.2, -0.15) is 4.98 Å². The molecule has 2 aliphatic rings. The number of aromatic nitrogens is 2. The van der Waals surface area contributed by atoms with Crippen LogP contribution in [-0.2, 0) is 4.79 Å². The van der Waals surface area contributed by atoms with Crippen LogP contribution in [0.15, 0.2) is 4.52 Å². The van der Waals surface area contributed by atoms with E-state index in [1.165, 1.54) is 0 Å². The molecular weight excluding hydrogens is 312 g/mol. The van der Waals surface area contributed by atoms with Gasteiger partial charge in [-0.3, -0.25) is 9.59 Å². The van der Waals surface area contributed by atoms with E-state index >= 15 is 0 Å². The maximum atomic E-state index is 12.6. The number of hydrogen-bond donors (Lipinski definition) is 2. The first-order valence-electron chi connectivity index (χ1n) is 8.44. The molecule has 2 N–H and O–H groups in total. The molecule has 2 heterocycles. The van der Waals surface area contributed by atoms with Gasteiger partial charge in [0, 0.05) is 18.0 Å². The Kier molecular flexibility index (Phi) is 4.69. The third-order valence-corrected chi connectivity index (χ3v) is 4.58. The lowest BCUT2D eigenvalue weighted by atomic mass is 10.1. The zero-order chi connectivity index (χ0) is 17.3. The lowest BCUT2D eigenvalue weighted by Gasteiger charge is -2.27. The smallest absolute Gasteiger partial charge is 0.240 e. The van der Waals surface area contributed by atoms with Gasteiger partial charge >= 0.3 is 0 Å². The summed E-state index contributed by atoms with van der Waals surface area (Å²) in [6.45, 7) is 4.17. The Balaban J connectivity index is 1.63. The second kappa shape index (κ2) is 6.60. The number of aliphatic hydroxyl groups is 1. The minimum atomic E-state index is -0.540. The number of aliphatic hydroxyl groups excluding tert-OH is 1. The number of hydrogen-bond acceptors (Lipinski definition) is 7. The Morgan fingerprint density at radius 2 is 2.12 bits per heavy atom. The molecule has 24 heavy (non-hydrogen) atoms. The fourth-order valence-corrected chi connectivity index (χ4v) is 2.79. The van der Waals surface area contributed by atoms with E-state index in [1.807, 2.05) is 13.8 Å². The summed E-state index contributed by atoms with van der Waals surface area (Å²) in [5.41, 5.74) is -0.540. The predicted octanol–water partition coefficient (Wildman–Crippen LogP) is 0.481. The molecule has 132 valence electrons. The Hall–Kier alpha value is -1.80. The maximum absolute atomic E-state index is 12.6. The molecule has 2 fully saturated rings. The number of rotatable bonds is 7. The van der Waals surface area contributed by atoms with Crippen LogP contribution < -0.4 is 5.32 Å². The van der Waals surface area contributed by atoms with E-state index < -0.39 is 11.6 Å². The Morgan fingerprint density at radius 3 is 2.79 bits per heavy atom. The fourth-order valence-electron chi connectivity index (χ4n) is 2.79. The zero-order valence-corrected chi connectivity index (χ0v) is 14.1. The van der Waals surface area contributed by atoms with Gasteiger partial charge in [0.05, 0.1) is 19.2 Å². The number of carbonyl (C=O) groups is 2. The van der Waals surface area contributed by atoms with E-state index in [2.05, 4.69) is 15.5 Å². The van der Waals surface area contributed by atoms with Crippen LogP contribution in [0, 0.1) is 0 Å². The molecule has 1 aromatic rings. The monoisotopic (exact) mass is 336 g/mol. The first-order valence-corrected chi connectivity index (χ1v) is 8.44. The SMILES string of the molecule is CC(C)(CO)NCC(=O)N1CCCC1C(=O)c1noc(C2CC2)n1. The van der Waals surface area contributed by atoms with E-state index in [-0.39, 0.29) is 30.7 Å². The van der Waals surface area contributed by atoms with Crippen molar-refractivity contribution in [1.82, 2.24) is 20.4 Å². The molecule has 1 aliphatic heterocycles. The third-order valence-electron chi connectivity index (χ3n) is 4.58. The molecule has 1 aromatic heterocycles. The summed E-state index contributed by atoms with van der Waals surface area (Å²) in [5.74, 6) is 0.493. The zero-order valence-electron chi connectivity index (χ0n) is 14.1. The highest BCUT2D eigenvalue weighted by Crippen LogP contribution is 2.39. The highest BCUT2D eigenvalue weighted by atomic mass is 16.5. The van der Waals surface area contributed by atoms with Crippen LogP contribution >= 0.6 is 0 Å². The molecule has 1 aliphatic carbocycles. The summed E-state index contributed by atoms with van der Waals surface area (Å²) in [5, 5.41) is 16.0. The highest BCUT2D eigenvalue weighted by molar-refractivity contribution is 5.99. The average Bonchev–Trinajstić information content (AvgIpc) is 3.11. The largest absolute Gasteiger partial charge is 0.394 e. The molecule has 0 radical (unpaired) electrons. The van der Waals surface area contributed by atoms with Crippen LogP contribution in [0.25, 0.3) is 0 Å². The second-order valence-corrected chi connectivity index (χ2v) is 7.24. The van der Waals surface area contributed by atoms with Crippen LogP contribution in [0.3, 0.4) is 0 Å². The number of amides is 1. The number of carbonyl (C=O) groups excluding carboxylic acids is 2. The molecular formula is C16H24N4O4. The molecule has 0 aromatic carbocycles. The highest BCUT2D eigenvalue weighted by Gasteiger charge is 2.38. The van der Waals surface area contributed by atoms with Crippen molar-refractivity contribution in [2.24, 2.45) is 0 Å². The molecule has 8 heteroatoms. The van der Waals surface area contributed by atoms with Crippen molar-refractivity contribution in [3.8, 4) is 0 Å². The van der Waals surface area contributed by atoms with Gasteiger partial charge in [-0.25, -0.2) is 0 Å². The normalized spacial score (nSPS) is 21.3. The lowest BCUT2D eigenvalue weighted by Crippen LogP contribution is -2.50. The maximum Gasteiger partial charge on any atom is 0.240 e. The molecule has 0 spiro atoms. The van der Waals surface area contributed by atoms with Gasteiger partial charge in [-0.05, 0) is 39.5 Å². The number of nitrogens with zero attached hydrogens (tertiary/aromatic N) is 3. The Morgan fingerprint density at radius 1 is 1.38 bits per heavy atom. The first kappa shape index (κ1) is 17.0. The number of ketones is 1. The second-order valence-electron chi connectivity index (χ2n) is 7.24. The van der Waals surface area contributed by atoms with Gasteiger partial charge in [0.25, 0.3) is 0 Å². The predicted molar refractivity (Wildman–Crippen MR) is 84.5 cm³/mol. The van der Waals surface area contributed by atoms with E-state index in [1.54, 1.807) is 4.90 Å². The van der Waals surface area contributed by atoms with Crippen molar-refractivity contribution >= 4 is 11.7 Å². The molecule has 1 unspecified atom stereocenters. The van der Waals surface area contributed by atoms with E-state index in [9.17, 15) is 14.7 Å². The van der Waals surface area contributed by atoms with Gasteiger partial charge in [-0.1, -0.05) is 5.16 Å². The number of nitrogens with one attached hydrogen (secondary N) is 1. The minimum Gasteiger partial charge on any atom is -0.394 e. The van der Waals surface area contributed by atoms with Crippen LogP contribution in [0.2, 0.25) is 0 Å². The minimum absolute atomic E-state index is 0.0740. The molecule has 1 saturated heterocycles. The third kappa shape index (κ3) is 3.64. The topological polar surface area (TPSA) is 109 Å². The number of Topliss-reactive ketones (excluding diaryl/α,β-unsaturated/α-hetero) is 1. The summed E-state index contributed by atoms with van der Waals surface area (Å²) in [6, 6.07) is -0.527. The van der Waals surface area contributed by atoms with E-state index in [4.69, 9.17) is 4.52 Å². The molecule has 1 saturated carbocycles. The molecule has 8 nitrogen and oxygen atoms in total. The molecule has 1 atom stereocenters. The molecule has 3 rings (SSSR count). The van der Waals surface area contributed by atoms with Crippen molar-refractivity contribution in [3.05, 3.63) is 11.7 Å². The van der Waals surface area contributed by atoms with Gasteiger partial charge in [-0.15, -0.1) is 0 Å². The van der Waals surface area contributed by atoms with Crippen LogP contribution in [-0.4, -0.2) is 63.1 Å². The van der Waals surface area contributed by atoms with Crippen molar-refractivity contribution < 1.29 is 19.2 Å². The van der Waals surface area contributed by atoms with Crippen LogP contribution in [0.5, 0.6) is 0 Å². The summed E-state index contributed by atoms with van der Waals surface area (Å²) in [7, 11) is 0. The first-order chi connectivity index (χ1) is 11.4. The van der Waals surface area contributed by atoms with Gasteiger partial charge in [0.1, 0.15) is 0 Å². The average molecular weight is 336 g/mol. The number of likely N-dealkylation sites (tertiary alicyclic amines) is 1. The van der Waals surface area contributed by atoms with Crippen molar-refractivity contribution in [2.45, 2.75) is 57.0 Å². The summed E-state index contributed by atoms with van der Waals surface area (Å²) >= 11 is 0. The summed E-state index contributed by atoms with van der Waals surface area (Å²) in [6.07, 6.45) is 3.44. The summed E-state index contributed by atoms with van der Waals surface area (Å²) in [4.78, 5) is 30.9. The van der Waals surface area contributed by atoms with E-state index in [0.717, 1.165) is 19.3 Å². The van der Waals surface area contributed by atoms with Gasteiger partial charge in [0.15, 0.2) is 0 Å². The van der Waals surface area contributed by atoms with Crippen LogP contribution in [0.4, 0.5) is 0 Å². The lowest BCUT2D eigenvalue weighted by molar-refractivity contribution is -0.130. The van der Waals surface area contributed by atoms with Crippen molar-refractivity contribution in [1.29, 1.82) is 0 Å².